The standard InChI is InChI=1S/C9H17N3/c1-3-4-5-8(2)12-7-9(10)6-11-12/h6-8H,3-5,10H2,1-2H3. The number of nitrogens with zero attached hydrogens (tertiary/aromatic N) is 2. The zero-order valence-corrected chi connectivity index (χ0v) is 7.83. The van der Waals surface area contributed by atoms with Crippen molar-refractivity contribution in [3.8, 4) is 0 Å². The number of hydrogen-bond donors (Lipinski definition) is 1. The molecule has 0 saturated carbocycles. The number of rotatable bonds is 4. The van der Waals surface area contributed by atoms with Gasteiger partial charge in [0.05, 0.1) is 11.9 Å². The number of unbranched alkanes of at least 4 members (excludes halogenated alkanes) is 1. The minimum Gasteiger partial charge on any atom is -0.396 e. The summed E-state index contributed by atoms with van der Waals surface area (Å²) >= 11 is 0. The van der Waals surface area contributed by atoms with Gasteiger partial charge < -0.3 is 5.73 Å². The van der Waals surface area contributed by atoms with Crippen molar-refractivity contribution < 1.29 is 0 Å². The second-order valence-corrected chi connectivity index (χ2v) is 3.24. The van der Waals surface area contributed by atoms with Gasteiger partial charge in [0.2, 0.25) is 0 Å². The Hall–Kier alpha value is -0.990. The maximum Gasteiger partial charge on any atom is 0.0719 e. The molecule has 0 aliphatic rings. The van der Waals surface area contributed by atoms with Crippen LogP contribution in [-0.2, 0) is 0 Å². The molecule has 0 amide bonds. The molecule has 1 aromatic heterocycles. The molecule has 0 aliphatic heterocycles. The normalized spacial score (nSPS) is 13.2. The first kappa shape index (κ1) is 9.10. The quantitative estimate of drug-likeness (QED) is 0.747. The third-order valence-electron chi connectivity index (χ3n) is 2.05. The Balaban J connectivity index is 2.47. The van der Waals surface area contributed by atoms with E-state index in [4.69, 9.17) is 5.73 Å². The summed E-state index contributed by atoms with van der Waals surface area (Å²) < 4.78 is 1.94. The summed E-state index contributed by atoms with van der Waals surface area (Å²) in [6.45, 7) is 4.37. The predicted molar refractivity (Wildman–Crippen MR) is 50.9 cm³/mol. The van der Waals surface area contributed by atoms with Crippen LogP contribution in [0.1, 0.15) is 39.2 Å². The van der Waals surface area contributed by atoms with Gasteiger partial charge in [-0.15, -0.1) is 0 Å². The fraction of sp³-hybridized carbons (Fsp3) is 0.667. The van der Waals surface area contributed by atoms with E-state index in [9.17, 15) is 0 Å². The zero-order chi connectivity index (χ0) is 8.97. The maximum atomic E-state index is 5.56. The van der Waals surface area contributed by atoms with Crippen LogP contribution in [0.2, 0.25) is 0 Å². The van der Waals surface area contributed by atoms with E-state index in [0.717, 1.165) is 5.69 Å². The van der Waals surface area contributed by atoms with Crippen molar-refractivity contribution in [1.29, 1.82) is 0 Å². The van der Waals surface area contributed by atoms with Crippen LogP contribution >= 0.6 is 0 Å². The SMILES string of the molecule is CCCCC(C)n1cc(N)cn1. The smallest absolute Gasteiger partial charge is 0.0719 e. The molecule has 3 heteroatoms. The van der Waals surface area contributed by atoms with E-state index in [2.05, 4.69) is 18.9 Å². The van der Waals surface area contributed by atoms with E-state index in [-0.39, 0.29) is 0 Å². The summed E-state index contributed by atoms with van der Waals surface area (Å²) in [5.41, 5.74) is 6.31. The minimum atomic E-state index is 0.474. The van der Waals surface area contributed by atoms with Gasteiger partial charge in [0.15, 0.2) is 0 Å². The van der Waals surface area contributed by atoms with Crippen LogP contribution in [0.5, 0.6) is 0 Å². The van der Waals surface area contributed by atoms with Crippen LogP contribution in [0.3, 0.4) is 0 Å². The van der Waals surface area contributed by atoms with Gasteiger partial charge in [0.25, 0.3) is 0 Å². The Labute approximate surface area is 73.6 Å². The average Bonchev–Trinajstić information content (AvgIpc) is 2.47. The van der Waals surface area contributed by atoms with Crippen LogP contribution in [0.15, 0.2) is 12.4 Å². The molecule has 1 rings (SSSR count). The molecule has 3 nitrogen and oxygen atoms in total. The highest BCUT2D eigenvalue weighted by Gasteiger charge is 2.03. The van der Waals surface area contributed by atoms with Crippen LogP contribution in [0.25, 0.3) is 0 Å². The molecule has 1 aromatic rings. The molecule has 1 unspecified atom stereocenters. The van der Waals surface area contributed by atoms with Crippen molar-refractivity contribution in [3.63, 3.8) is 0 Å². The molecule has 0 radical (unpaired) electrons. The summed E-state index contributed by atoms with van der Waals surface area (Å²) in [6.07, 6.45) is 7.25. The fourth-order valence-corrected chi connectivity index (χ4v) is 1.23. The maximum absolute atomic E-state index is 5.56. The van der Waals surface area contributed by atoms with Gasteiger partial charge in [-0.05, 0) is 13.3 Å². The Kier molecular flexibility index (Phi) is 3.14. The Morgan fingerprint density at radius 2 is 2.42 bits per heavy atom. The Morgan fingerprint density at radius 1 is 1.67 bits per heavy atom. The molecule has 0 aromatic carbocycles. The van der Waals surface area contributed by atoms with E-state index >= 15 is 0 Å². The Morgan fingerprint density at radius 3 is 2.92 bits per heavy atom. The molecule has 68 valence electrons. The molecular formula is C9H17N3. The first-order chi connectivity index (χ1) is 5.74. The Bertz CT molecular complexity index is 229. The largest absolute Gasteiger partial charge is 0.396 e. The fourth-order valence-electron chi connectivity index (χ4n) is 1.23. The molecule has 0 spiro atoms. The molecule has 0 aliphatic carbocycles. The van der Waals surface area contributed by atoms with Gasteiger partial charge in [-0.3, -0.25) is 4.68 Å². The van der Waals surface area contributed by atoms with Gasteiger partial charge in [-0.2, -0.15) is 5.10 Å². The molecule has 0 fully saturated rings. The van der Waals surface area contributed by atoms with Crippen molar-refractivity contribution in [1.82, 2.24) is 9.78 Å². The molecule has 1 atom stereocenters. The molecular weight excluding hydrogens is 150 g/mol. The lowest BCUT2D eigenvalue weighted by Crippen LogP contribution is -2.05. The summed E-state index contributed by atoms with van der Waals surface area (Å²) in [6, 6.07) is 0.474. The lowest BCUT2D eigenvalue weighted by molar-refractivity contribution is 0.444. The van der Waals surface area contributed by atoms with Crippen LogP contribution in [-0.4, -0.2) is 9.78 Å². The third kappa shape index (κ3) is 2.26. The summed E-state index contributed by atoms with van der Waals surface area (Å²) in [5, 5.41) is 4.16. The lowest BCUT2D eigenvalue weighted by atomic mass is 10.1. The highest BCUT2D eigenvalue weighted by molar-refractivity contribution is 5.30. The second kappa shape index (κ2) is 4.14. The zero-order valence-electron chi connectivity index (χ0n) is 7.83. The minimum absolute atomic E-state index is 0.474. The first-order valence-electron chi connectivity index (χ1n) is 4.53. The lowest BCUT2D eigenvalue weighted by Gasteiger charge is -2.10. The van der Waals surface area contributed by atoms with E-state index in [1.807, 2.05) is 10.9 Å². The second-order valence-electron chi connectivity index (χ2n) is 3.24. The topological polar surface area (TPSA) is 43.8 Å². The van der Waals surface area contributed by atoms with Gasteiger partial charge >= 0.3 is 0 Å². The molecule has 0 bridgehead atoms. The number of aromatic nitrogens is 2. The molecule has 12 heavy (non-hydrogen) atoms. The predicted octanol–water partition coefficient (Wildman–Crippen LogP) is 2.22. The van der Waals surface area contributed by atoms with Crippen molar-refractivity contribution >= 4 is 5.69 Å². The van der Waals surface area contributed by atoms with Crippen molar-refractivity contribution in [3.05, 3.63) is 12.4 Å². The monoisotopic (exact) mass is 167 g/mol. The number of nitrogen functional groups attached to an aromatic ring is 1. The van der Waals surface area contributed by atoms with Crippen molar-refractivity contribution in [2.24, 2.45) is 0 Å². The van der Waals surface area contributed by atoms with Gasteiger partial charge in [0, 0.05) is 12.2 Å². The van der Waals surface area contributed by atoms with E-state index < -0.39 is 0 Å². The van der Waals surface area contributed by atoms with E-state index in [1.54, 1.807) is 6.20 Å². The average molecular weight is 167 g/mol. The number of nitrogens with two attached hydrogens (primary N) is 1. The molecule has 0 saturated heterocycles. The molecule has 2 N–H and O–H groups in total. The van der Waals surface area contributed by atoms with Gasteiger partial charge in [-0.25, -0.2) is 0 Å². The van der Waals surface area contributed by atoms with Crippen molar-refractivity contribution in [2.45, 2.75) is 39.2 Å². The summed E-state index contributed by atoms with van der Waals surface area (Å²) in [7, 11) is 0. The van der Waals surface area contributed by atoms with E-state index in [0.29, 0.717) is 6.04 Å². The highest BCUT2D eigenvalue weighted by Crippen LogP contribution is 2.14. The first-order valence-corrected chi connectivity index (χ1v) is 4.53. The molecule has 1 heterocycles. The van der Waals surface area contributed by atoms with Crippen molar-refractivity contribution in [2.75, 3.05) is 5.73 Å². The van der Waals surface area contributed by atoms with Crippen LogP contribution in [0.4, 0.5) is 5.69 Å². The third-order valence-corrected chi connectivity index (χ3v) is 2.05. The van der Waals surface area contributed by atoms with Gasteiger partial charge in [0.1, 0.15) is 0 Å². The summed E-state index contributed by atoms with van der Waals surface area (Å²) in [5.74, 6) is 0. The van der Waals surface area contributed by atoms with Crippen LogP contribution in [0, 0.1) is 0 Å². The van der Waals surface area contributed by atoms with Gasteiger partial charge in [-0.1, -0.05) is 19.8 Å². The number of anilines is 1. The number of hydrogen-bond acceptors (Lipinski definition) is 2. The van der Waals surface area contributed by atoms with Crippen LogP contribution < -0.4 is 5.73 Å². The summed E-state index contributed by atoms with van der Waals surface area (Å²) in [4.78, 5) is 0. The van der Waals surface area contributed by atoms with E-state index in [1.165, 1.54) is 19.3 Å². The highest BCUT2D eigenvalue weighted by atomic mass is 15.3.